The number of hydrogen-bond acceptors (Lipinski definition) is 2. The summed E-state index contributed by atoms with van der Waals surface area (Å²) in [6, 6.07) is 21.2. The summed E-state index contributed by atoms with van der Waals surface area (Å²) < 4.78 is 1.72. The highest BCUT2D eigenvalue weighted by Gasteiger charge is 2.20. The van der Waals surface area contributed by atoms with Crippen molar-refractivity contribution < 1.29 is 4.79 Å². The van der Waals surface area contributed by atoms with E-state index >= 15 is 0 Å². The Morgan fingerprint density at radius 3 is 2.24 bits per heavy atom. The second-order valence-electron chi connectivity index (χ2n) is 8.83. The highest BCUT2D eigenvalue weighted by molar-refractivity contribution is 6.08. The Labute approximate surface area is 200 Å². The Bertz CT molecular complexity index is 1400. The van der Waals surface area contributed by atoms with Gasteiger partial charge in [-0.1, -0.05) is 61.9 Å². The van der Waals surface area contributed by atoms with E-state index in [2.05, 4.69) is 23.6 Å². The van der Waals surface area contributed by atoms with Crippen LogP contribution in [0.3, 0.4) is 0 Å². The topological polar surface area (TPSA) is 63.1 Å². The minimum absolute atomic E-state index is 0.0860. The highest BCUT2D eigenvalue weighted by atomic mass is 16.2. The van der Waals surface area contributed by atoms with Crippen molar-refractivity contribution in [2.24, 2.45) is 0 Å². The molecule has 4 rings (SSSR count). The van der Waals surface area contributed by atoms with Gasteiger partial charge in [0.25, 0.3) is 5.56 Å². The van der Waals surface area contributed by atoms with Gasteiger partial charge >= 0.3 is 6.03 Å². The number of amides is 2. The number of benzene rings is 3. The molecule has 0 fully saturated rings. The molecule has 1 aromatic heterocycles. The van der Waals surface area contributed by atoms with Crippen LogP contribution >= 0.6 is 0 Å². The van der Waals surface area contributed by atoms with Gasteiger partial charge in [0.2, 0.25) is 0 Å². The summed E-state index contributed by atoms with van der Waals surface area (Å²) in [5.41, 5.74) is 5.65. The summed E-state index contributed by atoms with van der Waals surface area (Å²) in [5.74, 6) is 0.519. The van der Waals surface area contributed by atoms with E-state index in [1.807, 2.05) is 81.4 Å². The Morgan fingerprint density at radius 1 is 0.853 bits per heavy atom. The number of rotatable bonds is 6. The Morgan fingerprint density at radius 2 is 1.56 bits per heavy atom. The van der Waals surface area contributed by atoms with Gasteiger partial charge in [-0.2, -0.15) is 0 Å². The minimum Gasteiger partial charge on any atom is -0.308 e. The van der Waals surface area contributed by atoms with Gasteiger partial charge in [-0.25, -0.2) is 4.79 Å². The van der Waals surface area contributed by atoms with Gasteiger partial charge in [-0.05, 0) is 73.0 Å². The van der Waals surface area contributed by atoms with Gasteiger partial charge in [0.15, 0.2) is 0 Å². The molecule has 0 aliphatic heterocycles. The number of anilines is 2. The maximum Gasteiger partial charge on any atom is 0.324 e. The van der Waals surface area contributed by atoms with Crippen LogP contribution in [0.1, 0.15) is 36.5 Å². The van der Waals surface area contributed by atoms with E-state index in [0.717, 1.165) is 46.0 Å². The average Bonchev–Trinajstić information content (AvgIpc) is 2.81. The number of carbonyl (C=O) groups excluding carboxylic acids is 1. The van der Waals surface area contributed by atoms with Crippen molar-refractivity contribution in [2.75, 3.05) is 10.6 Å². The number of unbranched alkanes of at least 4 members (excludes halogenated alkanes) is 1. The smallest absolute Gasteiger partial charge is 0.308 e. The molecular weight excluding hydrogens is 422 g/mol. The second-order valence-corrected chi connectivity index (χ2v) is 8.83. The normalized spacial score (nSPS) is 10.9. The van der Waals surface area contributed by atoms with Crippen molar-refractivity contribution in [1.82, 2.24) is 4.57 Å². The van der Waals surface area contributed by atoms with Gasteiger partial charge < -0.3 is 5.32 Å². The number of carbonyl (C=O) groups is 1. The lowest BCUT2D eigenvalue weighted by Gasteiger charge is -2.21. The molecule has 0 radical (unpaired) electrons. The molecule has 0 aliphatic carbocycles. The third kappa shape index (κ3) is 4.74. The molecule has 5 heteroatoms. The zero-order valence-corrected chi connectivity index (χ0v) is 20.2. The summed E-state index contributed by atoms with van der Waals surface area (Å²) >= 11 is 0. The number of hydrogen-bond donors (Lipinski definition) is 2. The lowest BCUT2D eigenvalue weighted by molar-refractivity contribution is 0.262. The van der Waals surface area contributed by atoms with Crippen LogP contribution in [0.25, 0.3) is 21.9 Å². The summed E-state index contributed by atoms with van der Waals surface area (Å²) in [5, 5.41) is 7.46. The number of pyridine rings is 1. The summed E-state index contributed by atoms with van der Waals surface area (Å²) in [4.78, 5) is 26.8. The molecule has 2 amide bonds. The number of fused-ring (bicyclic) bond motifs is 1. The molecule has 2 N–H and O–H groups in total. The van der Waals surface area contributed by atoms with Crippen LogP contribution in [-0.2, 0) is 6.54 Å². The SMILES string of the molecule is CCCCn1c(NC(=O)Nc2cccc(C)c2)c(-c2ccccc2)c2cc(C)c(C)cc2c1=O. The maximum atomic E-state index is 13.7. The molecule has 0 bridgehead atoms. The molecular formula is C29H31N3O2. The standard InChI is InChI=1S/C29H31N3O2/c1-5-6-15-32-27(31-29(34)30-23-14-10-11-19(2)16-23)26(22-12-8-7-9-13-22)24-17-20(3)21(4)18-25(24)28(32)33/h7-14,16-18H,5-6,15H2,1-4H3,(H2,30,31,34). The zero-order chi connectivity index (χ0) is 24.2. The average molecular weight is 454 g/mol. The molecule has 0 spiro atoms. The zero-order valence-electron chi connectivity index (χ0n) is 20.2. The Hall–Kier alpha value is -3.86. The van der Waals surface area contributed by atoms with E-state index in [9.17, 15) is 9.59 Å². The molecule has 3 aromatic carbocycles. The van der Waals surface area contributed by atoms with E-state index < -0.39 is 0 Å². The lowest BCUT2D eigenvalue weighted by atomic mass is 9.95. The first kappa shape index (κ1) is 23.3. The van der Waals surface area contributed by atoms with Gasteiger partial charge in [0.05, 0.1) is 0 Å². The first-order chi connectivity index (χ1) is 16.4. The van der Waals surface area contributed by atoms with E-state index in [-0.39, 0.29) is 11.6 Å². The van der Waals surface area contributed by atoms with Crippen LogP contribution in [0.2, 0.25) is 0 Å². The highest BCUT2D eigenvalue weighted by Crippen LogP contribution is 2.35. The Kier molecular flexibility index (Phi) is 6.82. The van der Waals surface area contributed by atoms with Crippen molar-refractivity contribution in [3.8, 4) is 11.1 Å². The quantitative estimate of drug-likeness (QED) is 0.329. The third-order valence-electron chi connectivity index (χ3n) is 6.19. The summed E-state index contributed by atoms with van der Waals surface area (Å²) in [6.45, 7) is 8.66. The first-order valence-corrected chi connectivity index (χ1v) is 11.8. The molecule has 4 aromatic rings. The summed E-state index contributed by atoms with van der Waals surface area (Å²) in [6.07, 6.45) is 1.77. The van der Waals surface area contributed by atoms with Crippen LogP contribution in [-0.4, -0.2) is 10.6 Å². The number of urea groups is 1. The van der Waals surface area contributed by atoms with Crippen LogP contribution in [0.4, 0.5) is 16.3 Å². The molecule has 0 unspecified atom stereocenters. The molecule has 174 valence electrons. The van der Waals surface area contributed by atoms with Gasteiger partial charge in [-0.3, -0.25) is 14.7 Å². The number of nitrogens with zero attached hydrogens (tertiary/aromatic N) is 1. The molecule has 34 heavy (non-hydrogen) atoms. The van der Waals surface area contributed by atoms with Crippen molar-refractivity contribution in [3.63, 3.8) is 0 Å². The van der Waals surface area contributed by atoms with Crippen LogP contribution < -0.4 is 16.2 Å². The monoisotopic (exact) mass is 453 g/mol. The molecule has 0 aliphatic rings. The van der Waals surface area contributed by atoms with Crippen molar-refractivity contribution in [3.05, 3.63) is 93.8 Å². The number of aromatic nitrogens is 1. The predicted octanol–water partition coefficient (Wildman–Crippen LogP) is 7.04. The Balaban J connectivity index is 1.94. The van der Waals surface area contributed by atoms with E-state index in [4.69, 9.17) is 0 Å². The molecule has 0 saturated carbocycles. The van der Waals surface area contributed by atoms with Crippen molar-refractivity contribution in [2.45, 2.75) is 47.1 Å². The van der Waals surface area contributed by atoms with E-state index in [1.54, 1.807) is 4.57 Å². The number of nitrogens with one attached hydrogen (secondary N) is 2. The third-order valence-corrected chi connectivity index (χ3v) is 6.19. The molecule has 0 atom stereocenters. The van der Waals surface area contributed by atoms with Crippen LogP contribution in [0.5, 0.6) is 0 Å². The maximum absolute atomic E-state index is 13.7. The lowest BCUT2D eigenvalue weighted by Crippen LogP contribution is -2.29. The van der Waals surface area contributed by atoms with Crippen molar-refractivity contribution in [1.29, 1.82) is 0 Å². The van der Waals surface area contributed by atoms with E-state index in [0.29, 0.717) is 23.4 Å². The molecule has 5 nitrogen and oxygen atoms in total. The minimum atomic E-state index is -0.379. The van der Waals surface area contributed by atoms with Crippen LogP contribution in [0, 0.1) is 20.8 Å². The van der Waals surface area contributed by atoms with Crippen molar-refractivity contribution >= 4 is 28.3 Å². The molecule has 1 heterocycles. The second kappa shape index (κ2) is 9.96. The largest absolute Gasteiger partial charge is 0.324 e. The predicted molar refractivity (Wildman–Crippen MR) is 142 cm³/mol. The van der Waals surface area contributed by atoms with Gasteiger partial charge in [0, 0.05) is 23.2 Å². The fraction of sp³-hybridized carbons (Fsp3) is 0.241. The fourth-order valence-electron chi connectivity index (χ4n) is 4.26. The van der Waals surface area contributed by atoms with Crippen LogP contribution in [0.15, 0.2) is 71.5 Å². The number of aryl methyl sites for hydroxylation is 3. The molecule has 0 saturated heterocycles. The van der Waals surface area contributed by atoms with E-state index in [1.165, 1.54) is 0 Å². The van der Waals surface area contributed by atoms with Gasteiger partial charge in [-0.15, -0.1) is 0 Å². The first-order valence-electron chi connectivity index (χ1n) is 11.8. The van der Waals surface area contributed by atoms with Gasteiger partial charge in [0.1, 0.15) is 5.82 Å². The summed E-state index contributed by atoms with van der Waals surface area (Å²) in [7, 11) is 0. The fourth-order valence-corrected chi connectivity index (χ4v) is 4.26.